The first-order chi connectivity index (χ1) is 14.9. The van der Waals surface area contributed by atoms with Gasteiger partial charge < -0.3 is 9.64 Å². The van der Waals surface area contributed by atoms with Crippen molar-refractivity contribution < 1.29 is 14.3 Å². The first-order valence-electron chi connectivity index (χ1n) is 10.1. The Morgan fingerprint density at radius 1 is 0.806 bits per heavy atom. The second kappa shape index (κ2) is 8.11. The number of hydrogen-bond donors (Lipinski definition) is 0. The van der Waals surface area contributed by atoms with E-state index in [2.05, 4.69) is 0 Å². The fourth-order valence-corrected chi connectivity index (χ4v) is 3.75. The molecule has 0 bridgehead atoms. The number of para-hydroxylation sites is 1. The number of imide groups is 1. The summed E-state index contributed by atoms with van der Waals surface area (Å²) in [5.74, 6) is -0.132. The maximum absolute atomic E-state index is 13.6. The topological polar surface area (TPSA) is 49.9 Å². The van der Waals surface area contributed by atoms with E-state index in [9.17, 15) is 9.59 Å². The van der Waals surface area contributed by atoms with Crippen molar-refractivity contribution in [3.63, 3.8) is 0 Å². The summed E-state index contributed by atoms with van der Waals surface area (Å²) in [6, 6.07) is 22.4. The Labute approximate surface area is 182 Å². The second-order valence-corrected chi connectivity index (χ2v) is 7.56. The Balaban J connectivity index is 1.89. The van der Waals surface area contributed by atoms with E-state index < -0.39 is 0 Å². The molecule has 0 N–H and O–H groups in total. The number of hydrogen-bond acceptors (Lipinski definition) is 4. The van der Waals surface area contributed by atoms with Crippen molar-refractivity contribution in [1.82, 2.24) is 0 Å². The van der Waals surface area contributed by atoms with Crippen molar-refractivity contribution in [3.05, 3.63) is 95.2 Å². The van der Waals surface area contributed by atoms with Gasteiger partial charge in [0, 0.05) is 18.8 Å². The number of carbonyl (C=O) groups excluding carboxylic acids is 2. The van der Waals surface area contributed by atoms with Crippen molar-refractivity contribution in [2.45, 2.75) is 13.8 Å². The van der Waals surface area contributed by atoms with Crippen molar-refractivity contribution in [2.24, 2.45) is 0 Å². The van der Waals surface area contributed by atoms with Gasteiger partial charge in [-0.2, -0.15) is 0 Å². The Morgan fingerprint density at radius 3 is 2.23 bits per heavy atom. The zero-order valence-electron chi connectivity index (χ0n) is 18.0. The van der Waals surface area contributed by atoms with Crippen LogP contribution in [0.2, 0.25) is 0 Å². The Morgan fingerprint density at radius 2 is 1.55 bits per heavy atom. The molecule has 0 radical (unpaired) electrons. The first-order valence-corrected chi connectivity index (χ1v) is 10.1. The second-order valence-electron chi connectivity index (χ2n) is 7.56. The van der Waals surface area contributed by atoms with Crippen LogP contribution in [0.3, 0.4) is 0 Å². The highest BCUT2D eigenvalue weighted by Crippen LogP contribution is 2.37. The van der Waals surface area contributed by atoms with Gasteiger partial charge in [0.05, 0.1) is 18.4 Å². The molecule has 0 spiro atoms. The number of benzene rings is 3. The van der Waals surface area contributed by atoms with E-state index >= 15 is 0 Å². The summed E-state index contributed by atoms with van der Waals surface area (Å²) in [6.07, 6.45) is 0. The number of likely N-dealkylation sites (N-methyl/N-ethyl adjacent to an activating group) is 1. The average molecular weight is 412 g/mol. The third kappa shape index (κ3) is 3.59. The number of methoxy groups -OCH3 is 1. The molecule has 5 nitrogen and oxygen atoms in total. The van der Waals surface area contributed by atoms with Gasteiger partial charge in [-0.15, -0.1) is 0 Å². The predicted octanol–water partition coefficient (Wildman–Crippen LogP) is 4.73. The summed E-state index contributed by atoms with van der Waals surface area (Å²) < 4.78 is 5.30. The van der Waals surface area contributed by atoms with Gasteiger partial charge >= 0.3 is 0 Å². The van der Waals surface area contributed by atoms with Gasteiger partial charge in [-0.3, -0.25) is 9.59 Å². The molecule has 3 aromatic carbocycles. The van der Waals surface area contributed by atoms with E-state index in [1.165, 1.54) is 4.90 Å². The third-order valence-corrected chi connectivity index (χ3v) is 5.65. The first kappa shape index (κ1) is 20.4. The number of ether oxygens (including phenoxy) is 1. The van der Waals surface area contributed by atoms with Crippen LogP contribution >= 0.6 is 0 Å². The smallest absolute Gasteiger partial charge is 0.282 e. The quantitative estimate of drug-likeness (QED) is 0.569. The summed E-state index contributed by atoms with van der Waals surface area (Å²) in [4.78, 5) is 30.3. The van der Waals surface area contributed by atoms with Crippen molar-refractivity contribution in [3.8, 4) is 5.75 Å². The Kier molecular flexibility index (Phi) is 5.34. The van der Waals surface area contributed by atoms with Crippen LogP contribution in [0, 0.1) is 13.8 Å². The van der Waals surface area contributed by atoms with Gasteiger partial charge in [0.25, 0.3) is 11.8 Å². The van der Waals surface area contributed by atoms with Crippen molar-refractivity contribution in [1.29, 1.82) is 0 Å². The van der Waals surface area contributed by atoms with Crippen LogP contribution in [-0.4, -0.2) is 26.0 Å². The molecule has 0 aromatic heterocycles. The summed E-state index contributed by atoms with van der Waals surface area (Å²) >= 11 is 0. The number of rotatable bonds is 5. The largest absolute Gasteiger partial charge is 0.497 e. The van der Waals surface area contributed by atoms with Crippen LogP contribution in [-0.2, 0) is 9.59 Å². The summed E-state index contributed by atoms with van der Waals surface area (Å²) in [7, 11) is 3.37. The molecular weight excluding hydrogens is 388 g/mol. The minimum absolute atomic E-state index is 0.348. The minimum Gasteiger partial charge on any atom is -0.497 e. The molecule has 3 aromatic rings. The fourth-order valence-electron chi connectivity index (χ4n) is 3.75. The van der Waals surface area contributed by atoms with E-state index in [0.29, 0.717) is 22.7 Å². The SMILES string of the molecule is COc1cccc(N2C(=O)C(c3ccc(C)c(C)c3)=C(N(C)c3ccccc3)C2=O)c1. The molecule has 0 atom stereocenters. The number of aryl methyl sites for hydroxylation is 2. The number of anilines is 2. The molecule has 5 heteroatoms. The van der Waals surface area contributed by atoms with Crippen LogP contribution < -0.4 is 14.5 Å². The van der Waals surface area contributed by atoms with E-state index in [1.54, 1.807) is 36.3 Å². The van der Waals surface area contributed by atoms with Gasteiger partial charge in [-0.1, -0.05) is 42.5 Å². The van der Waals surface area contributed by atoms with Crippen molar-refractivity contribution >= 4 is 28.8 Å². The van der Waals surface area contributed by atoms with Crippen molar-refractivity contribution in [2.75, 3.05) is 24.0 Å². The monoisotopic (exact) mass is 412 g/mol. The number of nitrogens with zero attached hydrogens (tertiary/aromatic N) is 2. The van der Waals surface area contributed by atoms with Gasteiger partial charge in [-0.05, 0) is 54.8 Å². The lowest BCUT2D eigenvalue weighted by Crippen LogP contribution is -2.34. The highest BCUT2D eigenvalue weighted by Gasteiger charge is 2.42. The molecule has 4 rings (SSSR count). The number of carbonyl (C=O) groups is 2. The molecule has 0 unspecified atom stereocenters. The maximum Gasteiger partial charge on any atom is 0.282 e. The molecule has 2 amide bonds. The zero-order valence-corrected chi connectivity index (χ0v) is 18.0. The third-order valence-electron chi connectivity index (χ3n) is 5.65. The highest BCUT2D eigenvalue weighted by atomic mass is 16.5. The average Bonchev–Trinajstić information content (AvgIpc) is 3.05. The molecule has 1 aliphatic heterocycles. The lowest BCUT2D eigenvalue weighted by molar-refractivity contribution is -0.120. The molecule has 0 saturated heterocycles. The standard InChI is InChI=1S/C26H24N2O3/c1-17-13-14-19(15-18(17)2)23-24(27(3)20-9-6-5-7-10-20)26(30)28(25(23)29)21-11-8-12-22(16-21)31-4/h5-16H,1-4H3. The Hall–Kier alpha value is -3.86. The molecule has 1 heterocycles. The fraction of sp³-hybridized carbons (Fsp3) is 0.154. The summed E-state index contributed by atoms with van der Waals surface area (Å²) in [5, 5.41) is 0. The predicted molar refractivity (Wildman–Crippen MR) is 123 cm³/mol. The van der Waals surface area contributed by atoms with E-state index in [4.69, 9.17) is 4.74 Å². The van der Waals surface area contributed by atoms with E-state index in [-0.39, 0.29) is 11.8 Å². The van der Waals surface area contributed by atoms with Crippen LogP contribution in [0.25, 0.3) is 5.57 Å². The minimum atomic E-state index is -0.363. The summed E-state index contributed by atoms with van der Waals surface area (Å²) in [6.45, 7) is 4.02. The molecule has 0 fully saturated rings. The van der Waals surface area contributed by atoms with Gasteiger partial charge in [0.1, 0.15) is 11.4 Å². The van der Waals surface area contributed by atoms with E-state index in [1.807, 2.05) is 69.4 Å². The highest BCUT2D eigenvalue weighted by molar-refractivity contribution is 6.46. The summed E-state index contributed by atoms with van der Waals surface area (Å²) in [5.41, 5.74) is 4.96. The molecule has 0 aliphatic carbocycles. The Bertz CT molecular complexity index is 1200. The zero-order chi connectivity index (χ0) is 22.1. The van der Waals surface area contributed by atoms with Gasteiger partial charge in [-0.25, -0.2) is 4.90 Å². The van der Waals surface area contributed by atoms with Crippen LogP contribution in [0.5, 0.6) is 5.75 Å². The molecule has 31 heavy (non-hydrogen) atoms. The molecule has 0 saturated carbocycles. The van der Waals surface area contributed by atoms with Crippen LogP contribution in [0.15, 0.2) is 78.5 Å². The van der Waals surface area contributed by atoms with Crippen LogP contribution in [0.4, 0.5) is 11.4 Å². The molecule has 156 valence electrons. The molecule has 1 aliphatic rings. The molecular formula is C26H24N2O3. The van der Waals surface area contributed by atoms with Gasteiger partial charge in [0.15, 0.2) is 0 Å². The lowest BCUT2D eigenvalue weighted by atomic mass is 9.99. The number of amides is 2. The van der Waals surface area contributed by atoms with Gasteiger partial charge in [0.2, 0.25) is 0 Å². The van der Waals surface area contributed by atoms with E-state index in [0.717, 1.165) is 22.4 Å². The lowest BCUT2D eigenvalue weighted by Gasteiger charge is -2.21. The maximum atomic E-state index is 13.6. The van der Waals surface area contributed by atoms with Crippen LogP contribution in [0.1, 0.15) is 16.7 Å². The normalized spacial score (nSPS) is 13.7.